The van der Waals surface area contributed by atoms with Gasteiger partial charge in [0, 0.05) is 24.6 Å². The molecule has 0 aliphatic heterocycles. The van der Waals surface area contributed by atoms with E-state index in [0.717, 1.165) is 23.4 Å². The minimum absolute atomic E-state index is 0.0128. The fourth-order valence-electron chi connectivity index (χ4n) is 2.88. The zero-order chi connectivity index (χ0) is 21.0. The second kappa shape index (κ2) is 8.60. The largest absolute Gasteiger partial charge is 0.317 e. The van der Waals surface area contributed by atoms with Gasteiger partial charge in [-0.1, -0.05) is 18.2 Å². The highest BCUT2D eigenvalue weighted by Crippen LogP contribution is 2.21. The first kappa shape index (κ1) is 20.1. The first-order valence-electron chi connectivity index (χ1n) is 8.99. The zero-order valence-electron chi connectivity index (χ0n) is 15.9. The SMILES string of the molecule is CCN(C(=O)c1cncc(C(=O)Nc2c(F)cccc2F)c1)c1cccc(C)c1. The Labute approximate surface area is 167 Å². The van der Waals surface area contributed by atoms with Gasteiger partial charge in [0.2, 0.25) is 0 Å². The van der Waals surface area contributed by atoms with Crippen molar-refractivity contribution >= 4 is 23.2 Å². The van der Waals surface area contributed by atoms with E-state index in [1.807, 2.05) is 38.1 Å². The van der Waals surface area contributed by atoms with E-state index in [1.165, 1.54) is 24.5 Å². The lowest BCUT2D eigenvalue weighted by molar-refractivity contribution is 0.0988. The number of halogens is 2. The van der Waals surface area contributed by atoms with Crippen LogP contribution >= 0.6 is 0 Å². The molecule has 1 heterocycles. The predicted molar refractivity (Wildman–Crippen MR) is 107 cm³/mol. The molecule has 3 aromatic rings. The number of para-hydroxylation sites is 1. The standard InChI is InChI=1S/C22H19F2N3O2/c1-3-27(17-7-4-6-14(2)10-17)22(29)16-11-15(12-25-13-16)21(28)26-20-18(23)8-5-9-19(20)24/h4-13H,3H2,1-2H3,(H,26,28). The number of carbonyl (C=O) groups excluding carboxylic acids is 2. The van der Waals surface area contributed by atoms with Crippen LogP contribution in [0.25, 0.3) is 0 Å². The summed E-state index contributed by atoms with van der Waals surface area (Å²) in [4.78, 5) is 30.9. The van der Waals surface area contributed by atoms with Crippen molar-refractivity contribution < 1.29 is 18.4 Å². The van der Waals surface area contributed by atoms with Gasteiger partial charge in [-0.15, -0.1) is 0 Å². The molecule has 0 bridgehead atoms. The number of nitrogens with one attached hydrogen (secondary N) is 1. The molecule has 29 heavy (non-hydrogen) atoms. The Bertz CT molecular complexity index is 1050. The van der Waals surface area contributed by atoms with Crippen molar-refractivity contribution in [1.82, 2.24) is 4.98 Å². The van der Waals surface area contributed by atoms with Gasteiger partial charge < -0.3 is 10.2 Å². The maximum Gasteiger partial charge on any atom is 0.259 e. The summed E-state index contributed by atoms with van der Waals surface area (Å²) < 4.78 is 27.5. The highest BCUT2D eigenvalue weighted by Gasteiger charge is 2.19. The number of benzene rings is 2. The third kappa shape index (κ3) is 4.45. The zero-order valence-corrected chi connectivity index (χ0v) is 15.9. The molecule has 0 spiro atoms. The smallest absolute Gasteiger partial charge is 0.259 e. The molecule has 0 saturated carbocycles. The minimum atomic E-state index is -0.893. The number of hydrogen-bond acceptors (Lipinski definition) is 3. The van der Waals surface area contributed by atoms with Crippen molar-refractivity contribution in [3.05, 3.63) is 89.2 Å². The number of rotatable bonds is 5. The van der Waals surface area contributed by atoms with Crippen molar-refractivity contribution in [2.24, 2.45) is 0 Å². The predicted octanol–water partition coefficient (Wildman–Crippen LogP) is 4.59. The maximum absolute atomic E-state index is 13.8. The van der Waals surface area contributed by atoms with Crippen molar-refractivity contribution in [3.8, 4) is 0 Å². The molecule has 0 saturated heterocycles. The van der Waals surface area contributed by atoms with Crippen LogP contribution in [-0.4, -0.2) is 23.3 Å². The molecule has 5 nitrogen and oxygen atoms in total. The van der Waals surface area contributed by atoms with Crippen LogP contribution in [-0.2, 0) is 0 Å². The lowest BCUT2D eigenvalue weighted by Gasteiger charge is -2.21. The van der Waals surface area contributed by atoms with Gasteiger partial charge in [0.15, 0.2) is 0 Å². The summed E-state index contributed by atoms with van der Waals surface area (Å²) >= 11 is 0. The summed E-state index contributed by atoms with van der Waals surface area (Å²) in [6.45, 7) is 4.18. The number of nitrogens with zero attached hydrogens (tertiary/aromatic N) is 2. The molecule has 1 N–H and O–H groups in total. The Kier molecular flexibility index (Phi) is 5.97. The van der Waals surface area contributed by atoms with Gasteiger partial charge in [-0.2, -0.15) is 0 Å². The minimum Gasteiger partial charge on any atom is -0.317 e. The number of hydrogen-bond donors (Lipinski definition) is 1. The average molecular weight is 395 g/mol. The van der Waals surface area contributed by atoms with Crippen LogP contribution < -0.4 is 10.2 Å². The highest BCUT2D eigenvalue weighted by molar-refractivity contribution is 6.09. The van der Waals surface area contributed by atoms with Crippen molar-refractivity contribution in [2.75, 3.05) is 16.8 Å². The molecular formula is C22H19F2N3O2. The fourth-order valence-corrected chi connectivity index (χ4v) is 2.88. The van der Waals surface area contributed by atoms with Gasteiger partial charge in [-0.25, -0.2) is 8.78 Å². The highest BCUT2D eigenvalue weighted by atomic mass is 19.1. The Morgan fingerprint density at radius 3 is 2.31 bits per heavy atom. The topological polar surface area (TPSA) is 62.3 Å². The molecule has 3 rings (SSSR count). The lowest BCUT2D eigenvalue weighted by Crippen LogP contribution is -2.31. The van der Waals surface area contributed by atoms with E-state index in [-0.39, 0.29) is 17.0 Å². The summed E-state index contributed by atoms with van der Waals surface area (Å²) in [6.07, 6.45) is 2.58. The van der Waals surface area contributed by atoms with E-state index in [2.05, 4.69) is 10.3 Å². The molecule has 7 heteroatoms. The molecule has 0 aliphatic carbocycles. The van der Waals surface area contributed by atoms with Gasteiger partial charge in [-0.05, 0) is 49.7 Å². The van der Waals surface area contributed by atoms with E-state index in [4.69, 9.17) is 0 Å². The summed E-state index contributed by atoms with van der Waals surface area (Å²) in [6, 6.07) is 12.1. The van der Waals surface area contributed by atoms with Crippen LogP contribution in [0.15, 0.2) is 60.9 Å². The summed E-state index contributed by atoms with van der Waals surface area (Å²) in [7, 11) is 0. The number of aromatic nitrogens is 1. The van der Waals surface area contributed by atoms with Crippen LogP contribution in [0.3, 0.4) is 0 Å². The first-order valence-corrected chi connectivity index (χ1v) is 8.99. The summed E-state index contributed by atoms with van der Waals surface area (Å²) in [5, 5.41) is 2.19. The van der Waals surface area contributed by atoms with Gasteiger partial charge in [-0.3, -0.25) is 14.6 Å². The monoisotopic (exact) mass is 395 g/mol. The molecule has 0 radical (unpaired) electrons. The number of amides is 2. The maximum atomic E-state index is 13.8. The molecule has 1 aromatic heterocycles. The molecule has 0 atom stereocenters. The molecule has 2 aromatic carbocycles. The molecular weight excluding hydrogens is 376 g/mol. The number of pyridine rings is 1. The Hall–Kier alpha value is -3.61. The van der Waals surface area contributed by atoms with Gasteiger partial charge >= 0.3 is 0 Å². The Morgan fingerprint density at radius 1 is 1.00 bits per heavy atom. The quantitative estimate of drug-likeness (QED) is 0.687. The second-order valence-electron chi connectivity index (χ2n) is 6.40. The third-order valence-corrected chi connectivity index (χ3v) is 4.32. The molecule has 0 aliphatic rings. The van der Waals surface area contributed by atoms with Gasteiger partial charge in [0.05, 0.1) is 11.1 Å². The number of anilines is 2. The van der Waals surface area contributed by atoms with E-state index in [0.29, 0.717) is 6.54 Å². The van der Waals surface area contributed by atoms with Crippen LogP contribution in [0.5, 0.6) is 0 Å². The van der Waals surface area contributed by atoms with Crippen LogP contribution in [0.1, 0.15) is 33.2 Å². The van der Waals surface area contributed by atoms with E-state index >= 15 is 0 Å². The molecule has 0 unspecified atom stereocenters. The van der Waals surface area contributed by atoms with Crippen molar-refractivity contribution in [1.29, 1.82) is 0 Å². The number of carbonyl (C=O) groups is 2. The Morgan fingerprint density at radius 2 is 1.66 bits per heavy atom. The van der Waals surface area contributed by atoms with Crippen molar-refractivity contribution in [3.63, 3.8) is 0 Å². The Balaban J connectivity index is 1.86. The fraction of sp³-hybridized carbons (Fsp3) is 0.136. The van der Waals surface area contributed by atoms with Crippen molar-refractivity contribution in [2.45, 2.75) is 13.8 Å². The lowest BCUT2D eigenvalue weighted by atomic mass is 10.1. The van der Waals surface area contributed by atoms with Crippen LogP contribution in [0.2, 0.25) is 0 Å². The third-order valence-electron chi connectivity index (χ3n) is 4.32. The molecule has 2 amide bonds. The van der Waals surface area contributed by atoms with E-state index < -0.39 is 23.2 Å². The summed E-state index contributed by atoms with van der Waals surface area (Å²) in [5.74, 6) is -2.89. The number of aryl methyl sites for hydroxylation is 1. The molecule has 148 valence electrons. The van der Waals surface area contributed by atoms with Crippen LogP contribution in [0.4, 0.5) is 20.2 Å². The average Bonchev–Trinajstić information content (AvgIpc) is 2.71. The van der Waals surface area contributed by atoms with Gasteiger partial charge in [0.25, 0.3) is 11.8 Å². The summed E-state index contributed by atoms with van der Waals surface area (Å²) in [5.41, 5.74) is 1.38. The molecule has 0 fully saturated rings. The second-order valence-corrected chi connectivity index (χ2v) is 6.40. The first-order chi connectivity index (χ1) is 13.9. The normalized spacial score (nSPS) is 10.5. The van der Waals surface area contributed by atoms with E-state index in [1.54, 1.807) is 4.90 Å². The van der Waals surface area contributed by atoms with Crippen LogP contribution in [0, 0.1) is 18.6 Å². The van der Waals surface area contributed by atoms with E-state index in [9.17, 15) is 18.4 Å². The van der Waals surface area contributed by atoms with Gasteiger partial charge in [0.1, 0.15) is 17.3 Å².